The zero-order chi connectivity index (χ0) is 19.3. The monoisotopic (exact) mass is 379 g/mol. The molecule has 3 heterocycles. The molecule has 7 nitrogen and oxygen atoms in total. The second-order valence-corrected chi connectivity index (χ2v) is 8.27. The van der Waals surface area contributed by atoms with Crippen LogP contribution in [0.5, 0.6) is 5.75 Å². The van der Waals surface area contributed by atoms with Crippen LogP contribution in [0.2, 0.25) is 0 Å². The number of ether oxygens (including phenoxy) is 2. The number of morpholine rings is 1. The molecular formula is C21H25N5O2. The van der Waals surface area contributed by atoms with E-state index in [1.54, 1.807) is 6.07 Å². The molecule has 2 unspecified atom stereocenters. The SMILES string of the molecule is CC1(Oc2ccc(N)c(C(=N)c3cc(N4C5CCC4COC5)ncn3)c2)CC1. The van der Waals surface area contributed by atoms with Gasteiger partial charge in [0, 0.05) is 17.3 Å². The lowest BCUT2D eigenvalue weighted by molar-refractivity contribution is 0.0902. The Kier molecular flexibility index (Phi) is 4.01. The van der Waals surface area contributed by atoms with E-state index in [-0.39, 0.29) is 11.3 Å². The molecule has 0 amide bonds. The number of aromatic nitrogens is 2. The van der Waals surface area contributed by atoms with Gasteiger partial charge in [-0.15, -0.1) is 0 Å². The smallest absolute Gasteiger partial charge is 0.133 e. The first-order valence-electron chi connectivity index (χ1n) is 9.88. The molecule has 3 N–H and O–H groups in total. The van der Waals surface area contributed by atoms with Crippen LogP contribution >= 0.6 is 0 Å². The predicted molar refractivity (Wildman–Crippen MR) is 107 cm³/mol. The Bertz CT molecular complexity index is 911. The number of hydrogen-bond acceptors (Lipinski definition) is 7. The lowest BCUT2D eigenvalue weighted by Crippen LogP contribution is -2.46. The maximum absolute atomic E-state index is 8.71. The number of nitrogens with one attached hydrogen (secondary N) is 1. The largest absolute Gasteiger partial charge is 0.488 e. The van der Waals surface area contributed by atoms with Crippen molar-refractivity contribution in [2.24, 2.45) is 0 Å². The van der Waals surface area contributed by atoms with Gasteiger partial charge in [0.2, 0.25) is 0 Å². The number of fused-ring (bicyclic) bond motifs is 2. The summed E-state index contributed by atoms with van der Waals surface area (Å²) in [6.45, 7) is 3.57. The predicted octanol–water partition coefficient (Wildman–Crippen LogP) is 2.77. The molecule has 28 heavy (non-hydrogen) atoms. The van der Waals surface area contributed by atoms with Crippen LogP contribution in [0.25, 0.3) is 0 Å². The van der Waals surface area contributed by atoms with Crippen LogP contribution in [0, 0.1) is 5.41 Å². The van der Waals surface area contributed by atoms with E-state index < -0.39 is 0 Å². The maximum Gasteiger partial charge on any atom is 0.133 e. The molecule has 2 saturated heterocycles. The molecule has 2 bridgehead atoms. The minimum absolute atomic E-state index is 0.0761. The van der Waals surface area contributed by atoms with Gasteiger partial charge in [-0.2, -0.15) is 0 Å². The van der Waals surface area contributed by atoms with Crippen molar-refractivity contribution in [3.05, 3.63) is 41.9 Å². The fraction of sp³-hybridized carbons (Fsp3) is 0.476. The highest BCUT2D eigenvalue weighted by molar-refractivity contribution is 6.13. The van der Waals surface area contributed by atoms with Gasteiger partial charge in [-0.05, 0) is 50.8 Å². The Morgan fingerprint density at radius 3 is 2.68 bits per heavy atom. The van der Waals surface area contributed by atoms with Crippen molar-refractivity contribution in [3.63, 3.8) is 0 Å². The van der Waals surface area contributed by atoms with Gasteiger partial charge < -0.3 is 20.1 Å². The van der Waals surface area contributed by atoms with E-state index in [4.69, 9.17) is 20.6 Å². The lowest BCUT2D eigenvalue weighted by Gasteiger charge is -2.35. The van der Waals surface area contributed by atoms with Crippen molar-refractivity contribution >= 4 is 17.2 Å². The summed E-state index contributed by atoms with van der Waals surface area (Å²) in [5, 5.41) is 8.71. The van der Waals surface area contributed by atoms with Crippen LogP contribution in [-0.2, 0) is 4.74 Å². The van der Waals surface area contributed by atoms with Crippen LogP contribution < -0.4 is 15.4 Å². The van der Waals surface area contributed by atoms with Crippen LogP contribution in [0.1, 0.15) is 43.9 Å². The summed E-state index contributed by atoms with van der Waals surface area (Å²) < 4.78 is 11.7. The van der Waals surface area contributed by atoms with E-state index in [1.165, 1.54) is 6.33 Å². The highest BCUT2D eigenvalue weighted by Gasteiger charge is 2.40. The quantitative estimate of drug-likeness (QED) is 0.612. The van der Waals surface area contributed by atoms with Crippen molar-refractivity contribution in [2.45, 2.75) is 50.3 Å². The Morgan fingerprint density at radius 2 is 1.96 bits per heavy atom. The molecule has 0 spiro atoms. The summed E-state index contributed by atoms with van der Waals surface area (Å²) in [5.41, 5.74) is 8.13. The van der Waals surface area contributed by atoms with Gasteiger partial charge in [-0.3, -0.25) is 5.41 Å². The first kappa shape index (κ1) is 17.4. The molecule has 7 heteroatoms. The maximum atomic E-state index is 8.71. The third-order valence-corrected chi connectivity index (χ3v) is 6.03. The first-order chi connectivity index (χ1) is 13.5. The Morgan fingerprint density at radius 1 is 1.21 bits per heavy atom. The number of hydrogen-bond donors (Lipinski definition) is 2. The molecule has 2 atom stereocenters. The van der Waals surface area contributed by atoms with Gasteiger partial charge >= 0.3 is 0 Å². The number of nitrogens with zero attached hydrogens (tertiary/aromatic N) is 3. The van der Waals surface area contributed by atoms with E-state index in [9.17, 15) is 0 Å². The van der Waals surface area contributed by atoms with Gasteiger partial charge in [-0.25, -0.2) is 9.97 Å². The fourth-order valence-corrected chi connectivity index (χ4v) is 4.14. The molecule has 3 fully saturated rings. The summed E-state index contributed by atoms with van der Waals surface area (Å²) >= 11 is 0. The molecular weight excluding hydrogens is 354 g/mol. The van der Waals surface area contributed by atoms with E-state index in [0.717, 1.165) is 50.5 Å². The molecule has 5 rings (SSSR count). The molecule has 146 valence electrons. The Balaban J connectivity index is 1.43. The molecule has 1 aliphatic carbocycles. The normalized spacial score (nSPS) is 24.8. The molecule has 1 aromatic heterocycles. The van der Waals surface area contributed by atoms with E-state index in [0.29, 0.717) is 29.0 Å². The second kappa shape index (κ2) is 6.44. The van der Waals surface area contributed by atoms with Crippen LogP contribution in [0.15, 0.2) is 30.6 Å². The van der Waals surface area contributed by atoms with Crippen LogP contribution in [0.3, 0.4) is 0 Å². The summed E-state index contributed by atoms with van der Waals surface area (Å²) in [5.74, 6) is 1.61. The highest BCUT2D eigenvalue weighted by atomic mass is 16.5. The van der Waals surface area contributed by atoms with E-state index in [2.05, 4.69) is 21.8 Å². The molecule has 1 aromatic carbocycles. The van der Waals surface area contributed by atoms with Crippen molar-refractivity contribution in [1.29, 1.82) is 5.41 Å². The Labute approximate surface area is 164 Å². The number of nitrogen functional groups attached to an aromatic ring is 1. The number of rotatable bonds is 5. The number of nitrogens with two attached hydrogens (primary N) is 1. The van der Waals surface area contributed by atoms with Gasteiger partial charge in [0.15, 0.2) is 0 Å². The summed E-state index contributed by atoms with van der Waals surface area (Å²) in [7, 11) is 0. The first-order valence-corrected chi connectivity index (χ1v) is 9.88. The minimum atomic E-state index is -0.0761. The average Bonchev–Trinajstić information content (AvgIpc) is 3.37. The summed E-state index contributed by atoms with van der Waals surface area (Å²) in [6.07, 6.45) is 5.89. The van der Waals surface area contributed by atoms with Gasteiger partial charge in [-0.1, -0.05) is 0 Å². The lowest BCUT2D eigenvalue weighted by atomic mass is 10.0. The fourth-order valence-electron chi connectivity index (χ4n) is 4.14. The van der Waals surface area contributed by atoms with Gasteiger partial charge in [0.25, 0.3) is 0 Å². The minimum Gasteiger partial charge on any atom is -0.488 e. The van der Waals surface area contributed by atoms with Crippen molar-refractivity contribution < 1.29 is 9.47 Å². The van der Waals surface area contributed by atoms with E-state index >= 15 is 0 Å². The zero-order valence-electron chi connectivity index (χ0n) is 16.0. The summed E-state index contributed by atoms with van der Waals surface area (Å²) in [4.78, 5) is 11.2. The third-order valence-electron chi connectivity index (χ3n) is 6.03. The topological polar surface area (TPSA) is 97.4 Å². The van der Waals surface area contributed by atoms with Crippen molar-refractivity contribution in [1.82, 2.24) is 9.97 Å². The van der Waals surface area contributed by atoms with E-state index in [1.807, 2.05) is 18.2 Å². The molecule has 3 aliphatic rings. The molecule has 0 radical (unpaired) electrons. The van der Waals surface area contributed by atoms with Gasteiger partial charge in [0.1, 0.15) is 23.5 Å². The van der Waals surface area contributed by atoms with Crippen molar-refractivity contribution in [3.8, 4) is 5.75 Å². The van der Waals surface area contributed by atoms with Crippen LogP contribution in [0.4, 0.5) is 11.5 Å². The molecule has 1 saturated carbocycles. The average molecular weight is 379 g/mol. The summed E-state index contributed by atoms with van der Waals surface area (Å²) in [6, 6.07) is 8.13. The third kappa shape index (κ3) is 3.09. The standard InChI is InChI=1S/C21H25N5O2/c1-21(6-7-21)28-15-4-5-17(22)16(8-15)20(23)18-9-19(25-12-24-18)26-13-2-3-14(26)11-27-10-13/h4-5,8-9,12-14,23H,2-3,6-7,10-11,22H2,1H3. The zero-order valence-corrected chi connectivity index (χ0v) is 16.0. The highest BCUT2D eigenvalue weighted by Crippen LogP contribution is 2.40. The number of anilines is 2. The molecule has 2 aliphatic heterocycles. The number of benzene rings is 1. The molecule has 2 aromatic rings. The van der Waals surface area contributed by atoms with Gasteiger partial charge in [0.05, 0.1) is 36.7 Å². The van der Waals surface area contributed by atoms with Crippen molar-refractivity contribution in [2.75, 3.05) is 23.8 Å². The second-order valence-electron chi connectivity index (χ2n) is 8.27. The van der Waals surface area contributed by atoms with Crippen LogP contribution in [-0.4, -0.2) is 46.6 Å². The Hall–Kier alpha value is -2.67.